The molecule has 1 aromatic carbocycles. The molecule has 0 aliphatic carbocycles. The quantitative estimate of drug-likeness (QED) is 0.723. The number of aryl methyl sites for hydroxylation is 1. The number of pyridine rings is 1. The number of halogens is 1. The van der Waals surface area contributed by atoms with Gasteiger partial charge in [-0.25, -0.2) is 4.98 Å². The summed E-state index contributed by atoms with van der Waals surface area (Å²) in [6.45, 7) is 4.90. The van der Waals surface area contributed by atoms with E-state index in [1.165, 1.54) is 7.11 Å². The zero-order valence-electron chi connectivity index (χ0n) is 14.1. The highest BCUT2D eigenvalue weighted by Crippen LogP contribution is 2.31. The number of aromatic nitrogens is 1. The first-order valence-electron chi connectivity index (χ1n) is 7.90. The molecule has 0 spiro atoms. The summed E-state index contributed by atoms with van der Waals surface area (Å²) >= 11 is 6.08. The maximum Gasteiger partial charge on any atom is 0.274 e. The lowest BCUT2D eigenvalue weighted by Crippen LogP contribution is -2.14. The van der Waals surface area contributed by atoms with Crippen molar-refractivity contribution in [2.24, 2.45) is 0 Å². The van der Waals surface area contributed by atoms with Crippen molar-refractivity contribution in [3.05, 3.63) is 46.7 Å². The van der Waals surface area contributed by atoms with Gasteiger partial charge in [0, 0.05) is 17.6 Å². The lowest BCUT2D eigenvalue weighted by atomic mass is 10.2. The van der Waals surface area contributed by atoms with Crippen LogP contribution in [-0.2, 0) is 0 Å². The molecule has 0 saturated carbocycles. The lowest BCUT2D eigenvalue weighted by molar-refractivity contribution is 0.102. The molecule has 0 fully saturated rings. The topological polar surface area (TPSA) is 63.2 Å². The van der Waals surface area contributed by atoms with Crippen molar-refractivity contribution in [3.63, 3.8) is 0 Å². The maximum absolute atomic E-state index is 12.4. The van der Waals surface area contributed by atoms with Gasteiger partial charge in [-0.2, -0.15) is 0 Å². The Kier molecular flexibility index (Phi) is 6.44. The van der Waals surface area contributed by atoms with Gasteiger partial charge in [0.15, 0.2) is 0 Å². The summed E-state index contributed by atoms with van der Waals surface area (Å²) in [7, 11) is 1.53. The number of methoxy groups -OCH3 is 1. The normalized spacial score (nSPS) is 10.3. The molecule has 2 aromatic rings. The van der Waals surface area contributed by atoms with Crippen molar-refractivity contribution < 1.29 is 9.53 Å². The summed E-state index contributed by atoms with van der Waals surface area (Å²) in [5, 5.41) is 6.66. The van der Waals surface area contributed by atoms with Crippen molar-refractivity contribution >= 4 is 28.9 Å². The number of nitrogens with one attached hydrogen (secondary N) is 2. The zero-order chi connectivity index (χ0) is 17.5. The SMILES string of the molecule is CCCCNc1ccc(C(=O)Nc2cc(C)c(Cl)cc2OC)nc1. The van der Waals surface area contributed by atoms with Crippen LogP contribution in [0.4, 0.5) is 11.4 Å². The molecule has 0 saturated heterocycles. The molecule has 0 unspecified atom stereocenters. The molecule has 0 aliphatic rings. The van der Waals surface area contributed by atoms with E-state index in [2.05, 4.69) is 22.5 Å². The van der Waals surface area contributed by atoms with Crippen molar-refractivity contribution in [3.8, 4) is 5.75 Å². The summed E-state index contributed by atoms with van der Waals surface area (Å²) in [5.74, 6) is 0.215. The first kappa shape index (κ1) is 18.1. The van der Waals surface area contributed by atoms with Crippen LogP contribution >= 0.6 is 11.6 Å². The van der Waals surface area contributed by atoms with E-state index in [9.17, 15) is 4.79 Å². The standard InChI is InChI=1S/C18H22ClN3O2/c1-4-5-8-20-13-6-7-15(21-11-13)18(23)22-16-9-12(2)14(19)10-17(16)24-3/h6-7,9-11,20H,4-5,8H2,1-3H3,(H,22,23). The third-order valence-electron chi connectivity index (χ3n) is 3.58. The monoisotopic (exact) mass is 347 g/mol. The van der Waals surface area contributed by atoms with E-state index in [0.717, 1.165) is 30.6 Å². The summed E-state index contributed by atoms with van der Waals surface area (Å²) in [5.41, 5.74) is 2.66. The van der Waals surface area contributed by atoms with Gasteiger partial charge < -0.3 is 15.4 Å². The van der Waals surface area contributed by atoms with Gasteiger partial charge in [0.05, 0.1) is 24.7 Å². The largest absolute Gasteiger partial charge is 0.495 e. The van der Waals surface area contributed by atoms with Gasteiger partial charge in [0.2, 0.25) is 0 Å². The number of benzene rings is 1. The Hall–Kier alpha value is -2.27. The van der Waals surface area contributed by atoms with E-state index in [1.54, 1.807) is 24.4 Å². The Balaban J connectivity index is 2.08. The second kappa shape index (κ2) is 8.55. The van der Waals surface area contributed by atoms with Crippen molar-refractivity contribution in [1.29, 1.82) is 0 Å². The minimum atomic E-state index is -0.296. The third-order valence-corrected chi connectivity index (χ3v) is 3.99. The number of unbranched alkanes of at least 4 members (excludes halogenated alkanes) is 1. The Labute approximate surface area is 147 Å². The first-order valence-corrected chi connectivity index (χ1v) is 8.28. The van der Waals surface area contributed by atoms with Crippen LogP contribution in [0.25, 0.3) is 0 Å². The molecule has 128 valence electrons. The smallest absolute Gasteiger partial charge is 0.274 e. The van der Waals surface area contributed by atoms with Crippen LogP contribution in [0, 0.1) is 6.92 Å². The molecular weight excluding hydrogens is 326 g/mol. The number of nitrogens with zero attached hydrogens (tertiary/aromatic N) is 1. The highest BCUT2D eigenvalue weighted by Gasteiger charge is 2.13. The molecule has 0 bridgehead atoms. The molecule has 1 heterocycles. The summed E-state index contributed by atoms with van der Waals surface area (Å²) < 4.78 is 5.26. The molecule has 0 aliphatic heterocycles. The van der Waals surface area contributed by atoms with Crippen LogP contribution in [-0.4, -0.2) is 24.5 Å². The zero-order valence-corrected chi connectivity index (χ0v) is 14.9. The molecule has 6 heteroatoms. The van der Waals surface area contributed by atoms with E-state index in [-0.39, 0.29) is 5.91 Å². The second-order valence-electron chi connectivity index (χ2n) is 5.47. The average Bonchev–Trinajstić information content (AvgIpc) is 2.58. The molecule has 24 heavy (non-hydrogen) atoms. The van der Waals surface area contributed by atoms with Crippen LogP contribution in [0.2, 0.25) is 5.02 Å². The fourth-order valence-electron chi connectivity index (χ4n) is 2.16. The van der Waals surface area contributed by atoms with Gasteiger partial charge in [-0.3, -0.25) is 4.79 Å². The average molecular weight is 348 g/mol. The Bertz CT molecular complexity index is 702. The van der Waals surface area contributed by atoms with Crippen molar-refractivity contribution in [2.75, 3.05) is 24.3 Å². The van der Waals surface area contributed by atoms with Gasteiger partial charge in [-0.05, 0) is 37.1 Å². The number of hydrogen-bond donors (Lipinski definition) is 2. The van der Waals surface area contributed by atoms with Crippen LogP contribution < -0.4 is 15.4 Å². The number of hydrogen-bond acceptors (Lipinski definition) is 4. The van der Waals surface area contributed by atoms with E-state index >= 15 is 0 Å². The van der Waals surface area contributed by atoms with E-state index in [4.69, 9.17) is 16.3 Å². The Morgan fingerprint density at radius 1 is 1.33 bits per heavy atom. The van der Waals surface area contributed by atoms with Gasteiger partial charge in [0.1, 0.15) is 11.4 Å². The summed E-state index contributed by atoms with van der Waals surface area (Å²) in [6, 6.07) is 7.00. The van der Waals surface area contributed by atoms with Crippen LogP contribution in [0.5, 0.6) is 5.75 Å². The number of ether oxygens (including phenoxy) is 1. The maximum atomic E-state index is 12.4. The Morgan fingerprint density at radius 3 is 2.75 bits per heavy atom. The van der Waals surface area contributed by atoms with Crippen molar-refractivity contribution in [2.45, 2.75) is 26.7 Å². The second-order valence-corrected chi connectivity index (χ2v) is 5.88. The van der Waals surface area contributed by atoms with Crippen LogP contribution in [0.15, 0.2) is 30.5 Å². The fourth-order valence-corrected chi connectivity index (χ4v) is 2.31. The Morgan fingerprint density at radius 2 is 2.12 bits per heavy atom. The summed E-state index contributed by atoms with van der Waals surface area (Å²) in [6.07, 6.45) is 3.89. The van der Waals surface area contributed by atoms with E-state index in [0.29, 0.717) is 22.2 Å². The molecule has 2 N–H and O–H groups in total. The molecule has 0 radical (unpaired) electrons. The highest BCUT2D eigenvalue weighted by atomic mass is 35.5. The number of amides is 1. The third kappa shape index (κ3) is 4.61. The van der Waals surface area contributed by atoms with Crippen LogP contribution in [0.1, 0.15) is 35.8 Å². The molecular formula is C18H22ClN3O2. The van der Waals surface area contributed by atoms with Gasteiger partial charge in [-0.1, -0.05) is 24.9 Å². The minimum absolute atomic E-state index is 0.296. The van der Waals surface area contributed by atoms with Crippen molar-refractivity contribution in [1.82, 2.24) is 4.98 Å². The molecule has 5 nitrogen and oxygen atoms in total. The number of rotatable bonds is 7. The lowest BCUT2D eigenvalue weighted by Gasteiger charge is -2.12. The number of carbonyl (C=O) groups is 1. The molecule has 2 rings (SSSR count). The molecule has 1 amide bonds. The van der Waals surface area contributed by atoms with Gasteiger partial charge in [0.25, 0.3) is 5.91 Å². The van der Waals surface area contributed by atoms with E-state index in [1.807, 2.05) is 13.0 Å². The van der Waals surface area contributed by atoms with Crippen LogP contribution in [0.3, 0.4) is 0 Å². The number of carbonyl (C=O) groups excluding carboxylic acids is 1. The molecule has 1 aromatic heterocycles. The predicted octanol–water partition coefficient (Wildman–Crippen LogP) is 4.52. The minimum Gasteiger partial charge on any atom is -0.495 e. The highest BCUT2D eigenvalue weighted by molar-refractivity contribution is 6.31. The fraction of sp³-hybridized carbons (Fsp3) is 0.333. The molecule has 0 atom stereocenters. The van der Waals surface area contributed by atoms with Gasteiger partial charge >= 0.3 is 0 Å². The summed E-state index contributed by atoms with van der Waals surface area (Å²) in [4.78, 5) is 16.6. The van der Waals surface area contributed by atoms with Gasteiger partial charge in [-0.15, -0.1) is 0 Å². The predicted molar refractivity (Wildman–Crippen MR) is 98.3 cm³/mol. The first-order chi connectivity index (χ1) is 11.5. The van der Waals surface area contributed by atoms with E-state index < -0.39 is 0 Å². The number of anilines is 2.